The molecule has 4 aromatic rings. The number of benzene rings is 2. The van der Waals surface area contributed by atoms with Gasteiger partial charge in [-0.15, -0.1) is 0 Å². The van der Waals surface area contributed by atoms with Crippen LogP contribution in [0, 0.1) is 0 Å². The number of halogens is 3. The van der Waals surface area contributed by atoms with Crippen molar-refractivity contribution in [3.63, 3.8) is 0 Å². The average molecular weight is 482 g/mol. The van der Waals surface area contributed by atoms with Gasteiger partial charge in [-0.2, -0.15) is 13.2 Å². The summed E-state index contributed by atoms with van der Waals surface area (Å²) in [6.45, 7) is 3.80. The van der Waals surface area contributed by atoms with Crippen molar-refractivity contribution < 1.29 is 22.7 Å². The summed E-state index contributed by atoms with van der Waals surface area (Å²) in [5.74, 6) is 0.591. The third kappa shape index (κ3) is 5.48. The summed E-state index contributed by atoms with van der Waals surface area (Å²) < 4.78 is 47.0. The van der Waals surface area contributed by atoms with Gasteiger partial charge in [-0.25, -0.2) is 4.98 Å². The van der Waals surface area contributed by atoms with Gasteiger partial charge in [-0.1, -0.05) is 24.3 Å². The van der Waals surface area contributed by atoms with Crippen LogP contribution in [0.25, 0.3) is 28.0 Å². The second-order valence-corrected chi connectivity index (χ2v) is 8.59. The minimum absolute atomic E-state index is 0.0232. The monoisotopic (exact) mass is 481 g/mol. The van der Waals surface area contributed by atoms with E-state index in [0.717, 1.165) is 23.4 Å². The van der Waals surface area contributed by atoms with Crippen molar-refractivity contribution in [3.8, 4) is 28.1 Å². The zero-order valence-electron chi connectivity index (χ0n) is 19.7. The smallest absolute Gasteiger partial charge is 0.416 e. The molecule has 0 aliphatic rings. The van der Waals surface area contributed by atoms with Gasteiger partial charge in [0, 0.05) is 24.2 Å². The van der Waals surface area contributed by atoms with E-state index < -0.39 is 11.7 Å². The first kappa shape index (κ1) is 24.3. The molecule has 2 aromatic heterocycles. The summed E-state index contributed by atoms with van der Waals surface area (Å²) in [6.07, 6.45) is -2.00. The van der Waals surface area contributed by atoms with Crippen LogP contribution < -0.4 is 10.1 Å². The number of carbonyl (C=O) groups excluding carboxylic acids is 1. The highest BCUT2D eigenvalue weighted by atomic mass is 19.4. The van der Waals surface area contributed by atoms with Crippen LogP contribution in [0.5, 0.6) is 5.75 Å². The lowest BCUT2D eigenvalue weighted by molar-refractivity contribution is -0.137. The van der Waals surface area contributed by atoms with E-state index in [9.17, 15) is 18.0 Å². The van der Waals surface area contributed by atoms with Crippen LogP contribution in [0.3, 0.4) is 0 Å². The largest absolute Gasteiger partial charge is 0.497 e. The molecule has 0 aliphatic heterocycles. The minimum Gasteiger partial charge on any atom is -0.497 e. The molecule has 0 spiro atoms. The maximum atomic E-state index is 13.3. The molecule has 4 rings (SSSR count). The number of amides is 1. The normalized spacial score (nSPS) is 11.7. The molecule has 0 aliphatic carbocycles. The van der Waals surface area contributed by atoms with E-state index in [1.54, 1.807) is 31.5 Å². The number of carbonyl (C=O) groups is 1. The number of hydrogen-bond donors (Lipinski definition) is 1. The first-order valence-electron chi connectivity index (χ1n) is 11.3. The molecule has 182 valence electrons. The highest BCUT2D eigenvalue weighted by molar-refractivity contribution is 5.77. The van der Waals surface area contributed by atoms with E-state index in [2.05, 4.69) is 5.32 Å². The predicted octanol–water partition coefficient (Wildman–Crippen LogP) is 6.15. The summed E-state index contributed by atoms with van der Waals surface area (Å²) in [4.78, 5) is 17.2. The van der Waals surface area contributed by atoms with Crippen LogP contribution in [0.2, 0.25) is 0 Å². The van der Waals surface area contributed by atoms with Crippen molar-refractivity contribution in [1.82, 2.24) is 14.7 Å². The molecule has 0 bridgehead atoms. The lowest BCUT2D eigenvalue weighted by Gasteiger charge is -2.11. The first-order valence-corrected chi connectivity index (χ1v) is 11.3. The number of aryl methyl sites for hydroxylation is 1. The number of alkyl halides is 3. The Kier molecular flexibility index (Phi) is 6.82. The third-order valence-corrected chi connectivity index (χ3v) is 5.62. The topological polar surface area (TPSA) is 55.6 Å². The van der Waals surface area contributed by atoms with Gasteiger partial charge in [-0.3, -0.25) is 4.79 Å². The Labute approximate surface area is 201 Å². The Balaban J connectivity index is 1.81. The van der Waals surface area contributed by atoms with Crippen molar-refractivity contribution in [3.05, 3.63) is 78.1 Å². The average Bonchev–Trinajstić information content (AvgIpc) is 3.19. The highest BCUT2D eigenvalue weighted by Crippen LogP contribution is 2.33. The molecule has 0 fully saturated rings. The number of methoxy groups -OCH3 is 1. The van der Waals surface area contributed by atoms with Gasteiger partial charge in [0.15, 0.2) is 0 Å². The number of pyridine rings is 1. The van der Waals surface area contributed by atoms with Crippen LogP contribution in [-0.2, 0) is 17.4 Å². The standard InChI is InChI=1S/C27H26F3N3O2/c1-17(2)31-25(34)13-11-23-26(19-7-5-9-22(15-19)35-3)32-24-12-10-20(16-33(23)24)18-6-4-8-21(14-18)27(28,29)30/h4-10,12,14-17H,11,13H2,1-3H3,(H,31,34). The van der Waals surface area contributed by atoms with Crippen molar-refractivity contribution >= 4 is 11.6 Å². The number of rotatable bonds is 7. The van der Waals surface area contributed by atoms with Gasteiger partial charge in [-0.05, 0) is 67.8 Å². The number of imidazole rings is 1. The van der Waals surface area contributed by atoms with E-state index >= 15 is 0 Å². The fraction of sp³-hybridized carbons (Fsp3) is 0.259. The van der Waals surface area contributed by atoms with Crippen molar-refractivity contribution in [2.75, 3.05) is 7.11 Å². The molecule has 0 unspecified atom stereocenters. The Morgan fingerprint density at radius 2 is 1.77 bits per heavy atom. The van der Waals surface area contributed by atoms with Crippen LogP contribution >= 0.6 is 0 Å². The Bertz CT molecular complexity index is 1360. The number of hydrogen-bond acceptors (Lipinski definition) is 3. The predicted molar refractivity (Wildman–Crippen MR) is 129 cm³/mol. The third-order valence-electron chi connectivity index (χ3n) is 5.62. The summed E-state index contributed by atoms with van der Waals surface area (Å²) in [5, 5.41) is 2.89. The lowest BCUT2D eigenvalue weighted by Crippen LogP contribution is -2.30. The second kappa shape index (κ2) is 9.82. The molecule has 35 heavy (non-hydrogen) atoms. The quantitative estimate of drug-likeness (QED) is 0.344. The molecular formula is C27H26F3N3O2. The lowest BCUT2D eigenvalue weighted by atomic mass is 10.0. The van der Waals surface area contributed by atoms with Crippen LogP contribution in [-0.4, -0.2) is 28.4 Å². The number of nitrogens with one attached hydrogen (secondary N) is 1. The van der Waals surface area contributed by atoms with Crippen molar-refractivity contribution in [2.45, 2.75) is 38.9 Å². The number of ether oxygens (including phenoxy) is 1. The van der Waals surface area contributed by atoms with Gasteiger partial charge in [0.25, 0.3) is 0 Å². The second-order valence-electron chi connectivity index (χ2n) is 8.59. The Morgan fingerprint density at radius 1 is 1.03 bits per heavy atom. The summed E-state index contributed by atoms with van der Waals surface area (Å²) in [7, 11) is 1.58. The zero-order valence-corrected chi connectivity index (χ0v) is 19.7. The molecule has 8 heteroatoms. The van der Waals surface area contributed by atoms with Crippen molar-refractivity contribution in [2.24, 2.45) is 0 Å². The Hall–Kier alpha value is -3.81. The molecule has 2 aromatic carbocycles. The molecule has 5 nitrogen and oxygen atoms in total. The SMILES string of the molecule is COc1cccc(-c2nc3ccc(-c4cccc(C(F)(F)F)c4)cn3c2CCC(=O)NC(C)C)c1. The molecule has 0 atom stereocenters. The maximum absolute atomic E-state index is 13.3. The maximum Gasteiger partial charge on any atom is 0.416 e. The summed E-state index contributed by atoms with van der Waals surface area (Å²) >= 11 is 0. The summed E-state index contributed by atoms with van der Waals surface area (Å²) in [6, 6.07) is 16.3. The fourth-order valence-electron chi connectivity index (χ4n) is 4.01. The number of fused-ring (bicyclic) bond motifs is 1. The van der Waals surface area contributed by atoms with Crippen molar-refractivity contribution in [1.29, 1.82) is 0 Å². The van der Waals surface area contributed by atoms with Gasteiger partial charge < -0.3 is 14.5 Å². The molecule has 1 amide bonds. The highest BCUT2D eigenvalue weighted by Gasteiger charge is 2.30. The van der Waals surface area contributed by atoms with E-state index in [0.29, 0.717) is 34.6 Å². The summed E-state index contributed by atoms with van der Waals surface area (Å²) in [5.41, 5.74) is 3.31. The van der Waals surface area contributed by atoms with E-state index in [-0.39, 0.29) is 18.4 Å². The van der Waals surface area contributed by atoms with Gasteiger partial charge in [0.05, 0.1) is 24.1 Å². The minimum atomic E-state index is -4.43. The van der Waals surface area contributed by atoms with Crippen LogP contribution in [0.15, 0.2) is 66.9 Å². The van der Waals surface area contributed by atoms with E-state index in [4.69, 9.17) is 9.72 Å². The molecule has 1 N–H and O–H groups in total. The fourth-order valence-corrected chi connectivity index (χ4v) is 4.01. The first-order chi connectivity index (χ1) is 16.7. The molecular weight excluding hydrogens is 455 g/mol. The van der Waals surface area contributed by atoms with Gasteiger partial charge >= 0.3 is 6.18 Å². The Morgan fingerprint density at radius 3 is 2.49 bits per heavy atom. The van der Waals surface area contributed by atoms with Gasteiger partial charge in [0.2, 0.25) is 5.91 Å². The number of nitrogens with zero attached hydrogens (tertiary/aromatic N) is 2. The van der Waals surface area contributed by atoms with E-state index in [1.165, 1.54) is 6.07 Å². The van der Waals surface area contributed by atoms with E-state index in [1.807, 2.05) is 42.5 Å². The zero-order chi connectivity index (χ0) is 25.2. The van der Waals surface area contributed by atoms with Crippen LogP contribution in [0.4, 0.5) is 13.2 Å². The molecule has 0 saturated carbocycles. The number of aromatic nitrogens is 2. The van der Waals surface area contributed by atoms with Gasteiger partial charge in [0.1, 0.15) is 11.4 Å². The molecule has 2 heterocycles. The van der Waals surface area contributed by atoms with Crippen LogP contribution in [0.1, 0.15) is 31.5 Å². The molecule has 0 radical (unpaired) electrons. The molecule has 0 saturated heterocycles.